The fourth-order valence-electron chi connectivity index (χ4n) is 4.87. The number of fused-ring (bicyclic) bond motifs is 3. The van der Waals surface area contributed by atoms with E-state index in [9.17, 15) is 14.0 Å². The highest BCUT2D eigenvalue weighted by molar-refractivity contribution is 6.42. The van der Waals surface area contributed by atoms with E-state index < -0.39 is 0 Å². The third-order valence-corrected chi connectivity index (χ3v) is 6.66. The van der Waals surface area contributed by atoms with Crippen molar-refractivity contribution in [3.8, 4) is 5.75 Å². The van der Waals surface area contributed by atoms with Crippen LogP contribution in [0.5, 0.6) is 5.75 Å². The van der Waals surface area contributed by atoms with Crippen molar-refractivity contribution in [3.05, 3.63) is 59.9 Å². The van der Waals surface area contributed by atoms with Crippen LogP contribution < -0.4 is 9.75 Å². The van der Waals surface area contributed by atoms with E-state index in [2.05, 4.69) is 16.9 Å². The summed E-state index contributed by atoms with van der Waals surface area (Å²) in [6, 6.07) is 14.0. The summed E-state index contributed by atoms with van der Waals surface area (Å²) < 4.78 is 19.4. The average molecular weight is 481 g/mol. The van der Waals surface area contributed by atoms with Crippen LogP contribution in [0.25, 0.3) is 0 Å². The summed E-state index contributed by atoms with van der Waals surface area (Å²) in [6.45, 7) is 10.9. The van der Waals surface area contributed by atoms with Gasteiger partial charge in [-0.1, -0.05) is 37.3 Å². The van der Waals surface area contributed by atoms with Gasteiger partial charge in [0.2, 0.25) is 5.91 Å². The number of Topliss-reactive ketones (excluding diaryl/α,β-unsaturated/α-hetero) is 1. The minimum atomic E-state index is -0.351. The lowest BCUT2D eigenvalue weighted by Crippen LogP contribution is -2.48. The summed E-state index contributed by atoms with van der Waals surface area (Å²) in [4.78, 5) is 27.4. The minimum absolute atomic E-state index is 0.0776. The van der Waals surface area contributed by atoms with Crippen molar-refractivity contribution in [2.45, 2.75) is 39.2 Å². The Hall–Kier alpha value is -3.26. The number of hydrazone groups is 1. The van der Waals surface area contributed by atoms with E-state index in [0.29, 0.717) is 23.8 Å². The molecule has 0 radical (unpaired) electrons. The van der Waals surface area contributed by atoms with E-state index in [1.165, 1.54) is 32.0 Å². The highest BCUT2D eigenvalue weighted by Gasteiger charge is 2.44. The van der Waals surface area contributed by atoms with Crippen LogP contribution in [0, 0.1) is 5.82 Å². The third-order valence-electron chi connectivity index (χ3n) is 6.66. The highest BCUT2D eigenvalue weighted by Crippen LogP contribution is 2.42. The lowest BCUT2D eigenvalue weighted by molar-refractivity contribution is -0.130. The number of carbonyl (C=O) groups excluding carboxylic acids is 2. The van der Waals surface area contributed by atoms with Crippen molar-refractivity contribution in [3.63, 3.8) is 0 Å². The van der Waals surface area contributed by atoms with Crippen molar-refractivity contribution in [1.82, 2.24) is 9.80 Å². The van der Waals surface area contributed by atoms with E-state index in [0.717, 1.165) is 31.7 Å². The number of ether oxygens (including phenoxy) is 1. The number of rotatable bonds is 4. The number of carbonyl (C=O) groups is 2. The maximum absolute atomic E-state index is 13.6. The summed E-state index contributed by atoms with van der Waals surface area (Å²) in [5.41, 5.74) is 2.07. The van der Waals surface area contributed by atoms with E-state index in [-0.39, 0.29) is 29.5 Å². The number of hydrogen-bond acceptors (Lipinski definition) is 6. The van der Waals surface area contributed by atoms with Crippen molar-refractivity contribution in [1.29, 1.82) is 0 Å². The normalized spacial score (nSPS) is 21.2. The molecule has 0 aliphatic carbocycles. The summed E-state index contributed by atoms with van der Waals surface area (Å²) in [7, 11) is 0. The predicted octanol–water partition coefficient (Wildman–Crippen LogP) is 3.70. The van der Waals surface area contributed by atoms with Crippen molar-refractivity contribution in [2.24, 2.45) is 5.10 Å². The molecule has 0 bridgehead atoms. The quantitative estimate of drug-likeness (QED) is 0.668. The predicted molar refractivity (Wildman–Crippen MR) is 134 cm³/mol. The van der Waals surface area contributed by atoms with Gasteiger partial charge in [-0.05, 0) is 30.7 Å². The molecule has 2 atom stereocenters. The van der Waals surface area contributed by atoms with Gasteiger partial charge in [0.15, 0.2) is 5.78 Å². The van der Waals surface area contributed by atoms with Crippen molar-refractivity contribution >= 4 is 23.1 Å². The lowest BCUT2D eigenvalue weighted by Gasteiger charge is -2.33. The molecule has 2 aromatic carbocycles. The standard InChI is InChI=1S/C18H15FN2O2.C9H18N2O/c1-11(22)18-17(12-5-3-2-4-6-12)15-10-23-16-8-7-13(19)9-14(16)21(15)20-18;1-3-4-10-5-7-11(8-6-10)9(2)12/h2-9,15,17H,10H2,1H3;3-8H2,1-2H3. The smallest absolute Gasteiger partial charge is 0.219 e. The minimum Gasteiger partial charge on any atom is -0.489 e. The molecule has 0 spiro atoms. The van der Waals surface area contributed by atoms with Gasteiger partial charge in [0, 0.05) is 46.1 Å². The van der Waals surface area contributed by atoms with Crippen molar-refractivity contribution < 1.29 is 18.7 Å². The highest BCUT2D eigenvalue weighted by atomic mass is 19.1. The second-order valence-electron chi connectivity index (χ2n) is 9.11. The Morgan fingerprint density at radius 3 is 2.40 bits per heavy atom. The fraction of sp³-hybridized carbons (Fsp3) is 0.444. The van der Waals surface area contributed by atoms with Crippen LogP contribution in [0.3, 0.4) is 0 Å². The molecule has 3 aliphatic rings. The zero-order valence-corrected chi connectivity index (χ0v) is 20.6. The summed E-state index contributed by atoms with van der Waals surface area (Å²) in [5.74, 6) is 0.196. The zero-order valence-electron chi connectivity index (χ0n) is 20.6. The first kappa shape index (κ1) is 24.9. The molecule has 5 rings (SSSR count). The Bertz CT molecular complexity index is 1080. The van der Waals surface area contributed by atoms with Crippen LogP contribution in [-0.2, 0) is 9.59 Å². The number of piperazine rings is 1. The number of halogens is 1. The number of nitrogens with zero attached hydrogens (tertiary/aromatic N) is 4. The van der Waals surface area contributed by atoms with Gasteiger partial charge in [0.25, 0.3) is 0 Å². The Balaban J connectivity index is 0.000000204. The second kappa shape index (κ2) is 11.0. The molecule has 1 fully saturated rings. The van der Waals surface area contributed by atoms with Gasteiger partial charge in [-0.2, -0.15) is 5.10 Å². The summed E-state index contributed by atoms with van der Waals surface area (Å²) in [6.07, 6.45) is 1.21. The first-order valence-electron chi connectivity index (χ1n) is 12.2. The Morgan fingerprint density at radius 1 is 1.06 bits per heavy atom. The maximum Gasteiger partial charge on any atom is 0.219 e. The van der Waals surface area contributed by atoms with Gasteiger partial charge in [-0.15, -0.1) is 0 Å². The number of hydrogen-bond donors (Lipinski definition) is 0. The van der Waals surface area contributed by atoms with Gasteiger partial charge in [0.1, 0.15) is 29.6 Å². The Labute approximate surface area is 206 Å². The SMILES string of the molecule is CC(=O)C1=NN2c3cc(F)ccc3OCC2C1c1ccccc1.CCCN1CCN(C(C)=O)CC1. The van der Waals surface area contributed by atoms with Gasteiger partial charge >= 0.3 is 0 Å². The molecule has 0 saturated carbocycles. The fourth-order valence-corrected chi connectivity index (χ4v) is 4.87. The van der Waals surface area contributed by atoms with Crippen LogP contribution in [-0.4, -0.2) is 72.6 Å². The van der Waals surface area contributed by atoms with E-state index >= 15 is 0 Å². The number of ketones is 1. The maximum atomic E-state index is 13.6. The van der Waals surface area contributed by atoms with Gasteiger partial charge in [-0.25, -0.2) is 4.39 Å². The zero-order chi connectivity index (χ0) is 24.9. The molecule has 35 heavy (non-hydrogen) atoms. The first-order chi connectivity index (χ1) is 16.9. The molecule has 3 heterocycles. The van der Waals surface area contributed by atoms with Gasteiger partial charge in [-0.3, -0.25) is 19.5 Å². The molecule has 7 nitrogen and oxygen atoms in total. The molecule has 0 N–H and O–H groups in total. The topological polar surface area (TPSA) is 65.5 Å². The van der Waals surface area contributed by atoms with E-state index in [1.807, 2.05) is 35.2 Å². The molecule has 0 aromatic heterocycles. The molecule has 186 valence electrons. The number of benzene rings is 2. The van der Waals surface area contributed by atoms with Crippen molar-refractivity contribution in [2.75, 3.05) is 44.3 Å². The van der Waals surface area contributed by atoms with Crippen LogP contribution in [0.4, 0.5) is 10.1 Å². The molecule has 2 aromatic rings. The van der Waals surface area contributed by atoms with Crippen LogP contribution in [0.15, 0.2) is 53.6 Å². The number of anilines is 1. The number of amides is 1. The Kier molecular flexibility index (Phi) is 7.80. The lowest BCUT2D eigenvalue weighted by atomic mass is 9.86. The molecular weight excluding hydrogens is 447 g/mol. The third kappa shape index (κ3) is 5.53. The molecule has 3 aliphatic heterocycles. The first-order valence-corrected chi connectivity index (χ1v) is 12.2. The summed E-state index contributed by atoms with van der Waals surface area (Å²) in [5, 5.41) is 6.24. The van der Waals surface area contributed by atoms with E-state index in [4.69, 9.17) is 4.74 Å². The average Bonchev–Trinajstić information content (AvgIpc) is 3.26. The Morgan fingerprint density at radius 2 is 1.77 bits per heavy atom. The van der Waals surface area contributed by atoms with Gasteiger partial charge < -0.3 is 9.64 Å². The monoisotopic (exact) mass is 480 g/mol. The van der Waals surface area contributed by atoms with Gasteiger partial charge in [0.05, 0.1) is 12.0 Å². The van der Waals surface area contributed by atoms with Crippen LogP contribution in [0.2, 0.25) is 0 Å². The second-order valence-corrected chi connectivity index (χ2v) is 9.11. The van der Waals surface area contributed by atoms with Crippen LogP contribution >= 0.6 is 0 Å². The summed E-state index contributed by atoms with van der Waals surface area (Å²) >= 11 is 0. The molecule has 2 unspecified atom stereocenters. The molecular formula is C27H33FN4O3. The van der Waals surface area contributed by atoms with Crippen LogP contribution in [0.1, 0.15) is 38.7 Å². The molecule has 1 saturated heterocycles. The largest absolute Gasteiger partial charge is 0.489 e. The molecule has 8 heteroatoms. The molecule has 1 amide bonds. The van der Waals surface area contributed by atoms with E-state index in [1.54, 1.807) is 18.0 Å².